The minimum absolute atomic E-state index is 0.159. The molecule has 0 saturated heterocycles. The van der Waals surface area contributed by atoms with Crippen molar-refractivity contribution in [1.29, 1.82) is 0 Å². The van der Waals surface area contributed by atoms with Crippen molar-refractivity contribution in [2.24, 2.45) is 4.99 Å². The summed E-state index contributed by atoms with van der Waals surface area (Å²) >= 11 is 0. The lowest BCUT2D eigenvalue weighted by Crippen LogP contribution is -2.23. The molecule has 0 amide bonds. The Morgan fingerprint density at radius 2 is 1.85 bits per heavy atom. The molecule has 136 valence electrons. The van der Waals surface area contributed by atoms with E-state index in [1.807, 2.05) is 24.3 Å². The van der Waals surface area contributed by atoms with Crippen molar-refractivity contribution >= 4 is 21.8 Å². The summed E-state index contributed by atoms with van der Waals surface area (Å²) in [6, 6.07) is 14.0. The van der Waals surface area contributed by atoms with Crippen LogP contribution in [-0.2, 0) is 26.0 Å². The smallest absolute Gasteiger partial charge is 0.327 e. The first-order valence-electron chi connectivity index (χ1n) is 7.95. The topological polar surface area (TPSA) is 94.1 Å². The van der Waals surface area contributed by atoms with E-state index in [2.05, 4.69) is 9.71 Å². The molecule has 26 heavy (non-hydrogen) atoms. The van der Waals surface area contributed by atoms with Crippen molar-refractivity contribution in [1.82, 2.24) is 4.72 Å². The summed E-state index contributed by atoms with van der Waals surface area (Å²) in [5, 5.41) is 0. The number of esters is 1. The van der Waals surface area contributed by atoms with Crippen LogP contribution in [0.5, 0.6) is 5.75 Å². The van der Waals surface area contributed by atoms with Gasteiger partial charge in [0, 0.05) is 12.0 Å². The zero-order valence-corrected chi connectivity index (χ0v) is 15.0. The molecule has 0 radical (unpaired) electrons. The molecule has 0 saturated carbocycles. The van der Waals surface area contributed by atoms with Gasteiger partial charge < -0.3 is 9.47 Å². The molecule has 0 atom stereocenters. The van der Waals surface area contributed by atoms with Gasteiger partial charge in [-0.2, -0.15) is 0 Å². The van der Waals surface area contributed by atoms with E-state index in [-0.39, 0.29) is 23.9 Å². The van der Waals surface area contributed by atoms with Gasteiger partial charge in [0.2, 0.25) is 0 Å². The Bertz CT molecular complexity index is 936. The molecular formula is C18H18N2O5S. The zero-order chi connectivity index (χ0) is 18.6. The molecule has 0 aromatic heterocycles. The van der Waals surface area contributed by atoms with E-state index in [0.29, 0.717) is 12.0 Å². The first-order valence-corrected chi connectivity index (χ1v) is 9.43. The van der Waals surface area contributed by atoms with Gasteiger partial charge in [-0.1, -0.05) is 24.3 Å². The molecule has 2 aromatic carbocycles. The molecule has 2 aromatic rings. The molecule has 0 unspecified atom stereocenters. The molecular weight excluding hydrogens is 356 g/mol. The number of amidine groups is 1. The highest BCUT2D eigenvalue weighted by atomic mass is 32.2. The molecule has 1 aliphatic rings. The van der Waals surface area contributed by atoms with Gasteiger partial charge in [0.15, 0.2) is 0 Å². The summed E-state index contributed by atoms with van der Waals surface area (Å²) in [6.07, 6.45) is 0.571. The lowest BCUT2D eigenvalue weighted by molar-refractivity contribution is -0.141. The number of hydrogen-bond acceptors (Lipinski definition) is 6. The van der Waals surface area contributed by atoms with Crippen LogP contribution in [0.1, 0.15) is 11.1 Å². The molecule has 7 nitrogen and oxygen atoms in total. The number of carbonyl (C=O) groups excluding carboxylic acids is 1. The summed E-state index contributed by atoms with van der Waals surface area (Å²) in [7, 11) is -2.01. The van der Waals surface area contributed by atoms with E-state index < -0.39 is 16.0 Å². The fourth-order valence-electron chi connectivity index (χ4n) is 2.52. The van der Waals surface area contributed by atoms with Crippen molar-refractivity contribution in [3.63, 3.8) is 0 Å². The number of sulfonamides is 1. The van der Waals surface area contributed by atoms with Crippen molar-refractivity contribution in [2.45, 2.75) is 11.3 Å². The summed E-state index contributed by atoms with van der Waals surface area (Å²) in [5.41, 5.74) is 1.47. The average Bonchev–Trinajstić information content (AvgIpc) is 2.91. The SMILES string of the molecule is COc1ccc(CCOC(=O)CN=C2NS(=O)(=O)c3ccccc32)cc1. The maximum absolute atomic E-state index is 12.0. The molecule has 0 aliphatic carbocycles. The standard InChI is InChI=1S/C18H18N2O5S/c1-24-14-8-6-13(7-9-14)10-11-25-17(21)12-19-18-15-4-2-3-5-16(15)26(22,23)20-18/h2-9H,10-12H2,1H3,(H,19,20). The molecule has 0 bridgehead atoms. The minimum Gasteiger partial charge on any atom is -0.497 e. The zero-order valence-electron chi connectivity index (χ0n) is 14.1. The molecule has 3 rings (SSSR count). The predicted octanol–water partition coefficient (Wildman–Crippen LogP) is 1.52. The largest absolute Gasteiger partial charge is 0.497 e. The Hall–Kier alpha value is -2.87. The number of aliphatic imine (C=N–C) groups is 1. The van der Waals surface area contributed by atoms with Gasteiger partial charge in [0.25, 0.3) is 10.0 Å². The average molecular weight is 374 g/mol. The Morgan fingerprint density at radius 3 is 2.58 bits per heavy atom. The quantitative estimate of drug-likeness (QED) is 0.774. The summed E-state index contributed by atoms with van der Waals surface area (Å²) in [5.74, 6) is 0.406. The number of benzene rings is 2. The first kappa shape index (κ1) is 17.9. The van der Waals surface area contributed by atoms with E-state index >= 15 is 0 Å². The first-order chi connectivity index (χ1) is 12.5. The third kappa shape index (κ3) is 4.02. The van der Waals surface area contributed by atoms with Crippen molar-refractivity contribution in [3.8, 4) is 5.75 Å². The van der Waals surface area contributed by atoms with E-state index in [4.69, 9.17) is 9.47 Å². The van der Waals surface area contributed by atoms with Crippen LogP contribution >= 0.6 is 0 Å². The van der Waals surface area contributed by atoms with Gasteiger partial charge in [0.1, 0.15) is 18.1 Å². The van der Waals surface area contributed by atoms with Gasteiger partial charge in [0.05, 0.1) is 18.6 Å². The van der Waals surface area contributed by atoms with Crippen LogP contribution < -0.4 is 9.46 Å². The van der Waals surface area contributed by atoms with Crippen LogP contribution in [0.2, 0.25) is 0 Å². The van der Waals surface area contributed by atoms with E-state index in [9.17, 15) is 13.2 Å². The summed E-state index contributed by atoms with van der Waals surface area (Å²) < 4.78 is 36.5. The van der Waals surface area contributed by atoms with Gasteiger partial charge in [-0.25, -0.2) is 8.42 Å². The normalized spacial score (nSPS) is 16.0. The monoisotopic (exact) mass is 374 g/mol. The molecule has 0 spiro atoms. The van der Waals surface area contributed by atoms with Crippen LogP contribution in [0.15, 0.2) is 58.4 Å². The van der Waals surface area contributed by atoms with E-state index in [1.165, 1.54) is 6.07 Å². The number of nitrogens with one attached hydrogen (secondary N) is 1. The predicted molar refractivity (Wildman–Crippen MR) is 95.8 cm³/mol. The number of nitrogens with zero attached hydrogens (tertiary/aromatic N) is 1. The second-order valence-electron chi connectivity index (χ2n) is 5.59. The van der Waals surface area contributed by atoms with E-state index in [1.54, 1.807) is 25.3 Å². The van der Waals surface area contributed by atoms with Gasteiger partial charge in [-0.15, -0.1) is 0 Å². The number of methoxy groups -OCH3 is 1. The van der Waals surface area contributed by atoms with Gasteiger partial charge in [-0.3, -0.25) is 14.5 Å². The molecule has 1 heterocycles. The van der Waals surface area contributed by atoms with Crippen LogP contribution in [0.4, 0.5) is 0 Å². The highest BCUT2D eigenvalue weighted by molar-refractivity contribution is 7.90. The van der Waals surface area contributed by atoms with Crippen molar-refractivity contribution < 1.29 is 22.7 Å². The van der Waals surface area contributed by atoms with Crippen LogP contribution in [0.3, 0.4) is 0 Å². The number of fused-ring (bicyclic) bond motifs is 1. The number of hydrogen-bond donors (Lipinski definition) is 1. The summed E-state index contributed by atoms with van der Waals surface area (Å²) in [4.78, 5) is 16.0. The lowest BCUT2D eigenvalue weighted by atomic mass is 10.1. The van der Waals surface area contributed by atoms with Crippen LogP contribution in [0.25, 0.3) is 0 Å². The fraction of sp³-hybridized carbons (Fsp3) is 0.222. The second-order valence-corrected chi connectivity index (χ2v) is 7.24. The third-order valence-electron chi connectivity index (χ3n) is 3.84. The van der Waals surface area contributed by atoms with E-state index in [0.717, 1.165) is 11.3 Å². The maximum atomic E-state index is 12.0. The Morgan fingerprint density at radius 1 is 1.12 bits per heavy atom. The van der Waals surface area contributed by atoms with Gasteiger partial charge in [-0.05, 0) is 29.8 Å². The van der Waals surface area contributed by atoms with Crippen molar-refractivity contribution in [3.05, 3.63) is 59.7 Å². The highest BCUT2D eigenvalue weighted by Gasteiger charge is 2.30. The number of ether oxygens (including phenoxy) is 2. The second kappa shape index (κ2) is 7.57. The Balaban J connectivity index is 1.53. The van der Waals surface area contributed by atoms with Crippen LogP contribution in [-0.4, -0.2) is 40.5 Å². The molecule has 0 fully saturated rings. The Labute approximate surface area is 151 Å². The van der Waals surface area contributed by atoms with Crippen LogP contribution in [0, 0.1) is 0 Å². The summed E-state index contributed by atoms with van der Waals surface area (Å²) in [6.45, 7) is -0.0346. The lowest BCUT2D eigenvalue weighted by Gasteiger charge is -2.05. The minimum atomic E-state index is -3.60. The van der Waals surface area contributed by atoms with Gasteiger partial charge >= 0.3 is 5.97 Å². The molecule has 1 N–H and O–H groups in total. The maximum Gasteiger partial charge on any atom is 0.327 e. The third-order valence-corrected chi connectivity index (χ3v) is 5.24. The Kier molecular flexibility index (Phi) is 5.22. The fourth-order valence-corrected chi connectivity index (χ4v) is 3.77. The number of rotatable bonds is 6. The molecule has 1 aliphatic heterocycles. The highest BCUT2D eigenvalue weighted by Crippen LogP contribution is 2.22. The van der Waals surface area contributed by atoms with Crippen molar-refractivity contribution in [2.75, 3.05) is 20.3 Å². The molecule has 8 heteroatoms. The number of carbonyl (C=O) groups is 1.